The minimum Gasteiger partial charge on any atom is -0.460 e. The summed E-state index contributed by atoms with van der Waals surface area (Å²) >= 11 is 0. The second-order valence-corrected chi connectivity index (χ2v) is 2.32. The number of methoxy groups -OCH3 is 1. The van der Waals surface area contributed by atoms with Crippen LogP contribution in [-0.2, 0) is 14.3 Å². The molecule has 13 heavy (non-hydrogen) atoms. The molecule has 1 atom stereocenters. The zero-order valence-electron chi connectivity index (χ0n) is 8.32. The molecule has 5 nitrogen and oxygen atoms in total. The highest BCUT2D eigenvalue weighted by Gasteiger charge is 2.02. The van der Waals surface area contributed by atoms with Gasteiger partial charge in [-0.1, -0.05) is 0 Å². The van der Waals surface area contributed by atoms with Crippen LogP contribution in [0.5, 0.6) is 0 Å². The van der Waals surface area contributed by atoms with Crippen molar-refractivity contribution < 1.29 is 24.5 Å². The molecule has 0 aromatic rings. The van der Waals surface area contributed by atoms with Crippen LogP contribution in [0.3, 0.4) is 0 Å². The van der Waals surface area contributed by atoms with Crippen LogP contribution in [0, 0.1) is 0 Å². The van der Waals surface area contributed by atoms with Crippen molar-refractivity contribution in [3.05, 3.63) is 0 Å². The number of aliphatic hydroxyl groups is 2. The molecule has 0 fully saturated rings. The van der Waals surface area contributed by atoms with Gasteiger partial charge >= 0.3 is 5.97 Å². The van der Waals surface area contributed by atoms with E-state index >= 15 is 0 Å². The van der Waals surface area contributed by atoms with E-state index < -0.39 is 0 Å². The normalized spacial score (nSPS) is 11.2. The summed E-state index contributed by atoms with van der Waals surface area (Å²) in [6.45, 7) is 3.37. The van der Waals surface area contributed by atoms with E-state index in [9.17, 15) is 4.79 Å². The van der Waals surface area contributed by atoms with Crippen molar-refractivity contribution >= 4 is 5.97 Å². The lowest BCUT2D eigenvalue weighted by Crippen LogP contribution is -2.17. The predicted octanol–water partition coefficient (Wildman–Crippen LogP) is -0.445. The van der Waals surface area contributed by atoms with E-state index in [-0.39, 0.29) is 25.3 Å². The molecule has 5 heteroatoms. The van der Waals surface area contributed by atoms with Gasteiger partial charge in [-0.05, 0) is 6.92 Å². The Morgan fingerprint density at radius 3 is 2.08 bits per heavy atom. The highest BCUT2D eigenvalue weighted by molar-refractivity contribution is 5.66. The number of aliphatic hydroxyl groups excluding tert-OH is 2. The van der Waals surface area contributed by atoms with Gasteiger partial charge in [-0.3, -0.25) is 4.79 Å². The fourth-order valence-corrected chi connectivity index (χ4v) is 0.552. The predicted molar refractivity (Wildman–Crippen MR) is 47.3 cm³/mol. The Balaban J connectivity index is 0. The summed E-state index contributed by atoms with van der Waals surface area (Å²) < 4.78 is 9.45. The summed E-state index contributed by atoms with van der Waals surface area (Å²) in [6.07, 6.45) is -0.132. The van der Waals surface area contributed by atoms with E-state index in [1.54, 1.807) is 14.0 Å². The molecular weight excluding hydrogens is 176 g/mol. The number of esters is 1. The van der Waals surface area contributed by atoms with Crippen molar-refractivity contribution in [2.24, 2.45) is 0 Å². The number of hydrogen-bond donors (Lipinski definition) is 2. The van der Waals surface area contributed by atoms with Gasteiger partial charge in [-0.2, -0.15) is 0 Å². The minimum atomic E-state index is -0.264. The molecule has 80 valence electrons. The van der Waals surface area contributed by atoms with Crippen molar-refractivity contribution in [3.8, 4) is 0 Å². The van der Waals surface area contributed by atoms with Gasteiger partial charge in [-0.15, -0.1) is 0 Å². The van der Waals surface area contributed by atoms with Crippen LogP contribution in [0.2, 0.25) is 0 Å². The average Bonchev–Trinajstić information content (AvgIpc) is 2.04. The third-order valence-electron chi connectivity index (χ3n) is 0.869. The second kappa shape index (κ2) is 11.4. The van der Waals surface area contributed by atoms with Crippen molar-refractivity contribution in [2.45, 2.75) is 20.0 Å². The molecule has 0 rings (SSSR count). The molecular formula is C8H18O5. The Kier molecular flexibility index (Phi) is 13.0. The van der Waals surface area contributed by atoms with E-state index in [0.29, 0.717) is 6.61 Å². The number of carbonyl (C=O) groups is 1. The SMILES string of the molecule is COCC(C)OC(C)=O.OCCO. The number of carbonyl (C=O) groups excluding carboxylic acids is 1. The summed E-state index contributed by atoms with van der Waals surface area (Å²) in [6, 6.07) is 0. The molecule has 0 aliphatic heterocycles. The number of ether oxygens (including phenoxy) is 2. The molecule has 0 radical (unpaired) electrons. The van der Waals surface area contributed by atoms with Gasteiger partial charge in [0.1, 0.15) is 6.10 Å². The smallest absolute Gasteiger partial charge is 0.302 e. The molecule has 0 amide bonds. The lowest BCUT2D eigenvalue weighted by Gasteiger charge is -2.08. The van der Waals surface area contributed by atoms with Crippen LogP contribution in [0.15, 0.2) is 0 Å². The Morgan fingerprint density at radius 1 is 1.38 bits per heavy atom. The zero-order valence-corrected chi connectivity index (χ0v) is 8.32. The van der Waals surface area contributed by atoms with Crippen molar-refractivity contribution in [1.82, 2.24) is 0 Å². The van der Waals surface area contributed by atoms with Gasteiger partial charge in [0.25, 0.3) is 0 Å². The first-order valence-corrected chi connectivity index (χ1v) is 3.96. The van der Waals surface area contributed by atoms with Gasteiger partial charge in [0.15, 0.2) is 0 Å². The summed E-state index contributed by atoms with van der Waals surface area (Å²) in [5, 5.41) is 15.2. The van der Waals surface area contributed by atoms with Crippen LogP contribution < -0.4 is 0 Å². The Hall–Kier alpha value is -0.650. The quantitative estimate of drug-likeness (QED) is 0.593. The second-order valence-electron chi connectivity index (χ2n) is 2.32. The van der Waals surface area contributed by atoms with Crippen LogP contribution >= 0.6 is 0 Å². The highest BCUT2D eigenvalue weighted by Crippen LogP contribution is 1.90. The fraction of sp³-hybridized carbons (Fsp3) is 0.875. The summed E-state index contributed by atoms with van der Waals surface area (Å²) in [4.78, 5) is 10.3. The van der Waals surface area contributed by atoms with Gasteiger partial charge in [0.2, 0.25) is 0 Å². The molecule has 0 aromatic heterocycles. The summed E-state index contributed by atoms with van der Waals surface area (Å²) in [7, 11) is 1.57. The maximum Gasteiger partial charge on any atom is 0.302 e. The first-order chi connectivity index (χ1) is 6.08. The lowest BCUT2D eigenvalue weighted by atomic mass is 10.4. The van der Waals surface area contributed by atoms with Gasteiger partial charge in [0.05, 0.1) is 19.8 Å². The zero-order chi connectivity index (χ0) is 10.7. The number of hydrogen-bond acceptors (Lipinski definition) is 5. The highest BCUT2D eigenvalue weighted by atomic mass is 16.6. The Morgan fingerprint density at radius 2 is 1.85 bits per heavy atom. The van der Waals surface area contributed by atoms with Crippen molar-refractivity contribution in [2.75, 3.05) is 26.9 Å². The van der Waals surface area contributed by atoms with Gasteiger partial charge in [-0.25, -0.2) is 0 Å². The summed E-state index contributed by atoms with van der Waals surface area (Å²) in [5.74, 6) is -0.264. The maximum atomic E-state index is 10.3. The lowest BCUT2D eigenvalue weighted by molar-refractivity contribution is -0.147. The van der Waals surface area contributed by atoms with Crippen molar-refractivity contribution in [3.63, 3.8) is 0 Å². The molecule has 0 aliphatic carbocycles. The van der Waals surface area contributed by atoms with Crippen LogP contribution in [-0.4, -0.2) is 49.2 Å². The van der Waals surface area contributed by atoms with Gasteiger partial charge in [0, 0.05) is 14.0 Å². The van der Waals surface area contributed by atoms with E-state index in [2.05, 4.69) is 0 Å². The molecule has 0 saturated carbocycles. The van der Waals surface area contributed by atoms with Crippen LogP contribution in [0.25, 0.3) is 0 Å². The molecule has 0 heterocycles. The van der Waals surface area contributed by atoms with Gasteiger partial charge < -0.3 is 19.7 Å². The largest absolute Gasteiger partial charge is 0.460 e. The molecule has 0 saturated heterocycles. The standard InChI is InChI=1S/C6H12O3.C2H6O2/c1-5(4-8-3)9-6(2)7;3-1-2-4/h5H,4H2,1-3H3;3-4H,1-2H2. The monoisotopic (exact) mass is 194 g/mol. The van der Waals surface area contributed by atoms with E-state index in [1.807, 2.05) is 0 Å². The number of rotatable bonds is 4. The Bertz CT molecular complexity index is 113. The van der Waals surface area contributed by atoms with E-state index in [1.165, 1.54) is 6.92 Å². The Labute approximate surface area is 78.3 Å². The van der Waals surface area contributed by atoms with E-state index in [0.717, 1.165) is 0 Å². The first-order valence-electron chi connectivity index (χ1n) is 3.96. The molecule has 0 aromatic carbocycles. The maximum absolute atomic E-state index is 10.3. The third-order valence-corrected chi connectivity index (χ3v) is 0.869. The molecule has 1 unspecified atom stereocenters. The fourth-order valence-electron chi connectivity index (χ4n) is 0.552. The topological polar surface area (TPSA) is 76.0 Å². The molecule has 0 aliphatic rings. The van der Waals surface area contributed by atoms with Crippen LogP contribution in [0.1, 0.15) is 13.8 Å². The average molecular weight is 194 g/mol. The van der Waals surface area contributed by atoms with E-state index in [4.69, 9.17) is 19.7 Å². The van der Waals surface area contributed by atoms with Crippen molar-refractivity contribution in [1.29, 1.82) is 0 Å². The summed E-state index contributed by atoms with van der Waals surface area (Å²) in [5.41, 5.74) is 0. The molecule has 0 bridgehead atoms. The third kappa shape index (κ3) is 18.4. The minimum absolute atomic E-state index is 0.125. The molecule has 2 N–H and O–H groups in total. The van der Waals surface area contributed by atoms with Crippen LogP contribution in [0.4, 0.5) is 0 Å². The molecule has 0 spiro atoms. The first kappa shape index (κ1) is 14.9.